The molecule has 6 N–H and O–H groups in total. The zero-order valence-corrected chi connectivity index (χ0v) is 39.9. The van der Waals surface area contributed by atoms with Crippen LogP contribution in [-0.4, -0.2) is 98.9 Å². The van der Waals surface area contributed by atoms with Gasteiger partial charge in [-0.05, 0) is 96.3 Å². The normalized spacial score (nSPS) is 22.6. The third-order valence-corrected chi connectivity index (χ3v) is 11.4. The van der Waals surface area contributed by atoms with Crippen molar-refractivity contribution in [1.82, 2.24) is 0 Å². The molecule has 366 valence electrons. The molecule has 0 amide bonds. The maximum Gasteiger partial charge on any atom is 0.472 e. The molecule has 0 aromatic heterocycles. The Hall–Kier alpha value is -2.74. The van der Waals surface area contributed by atoms with E-state index >= 15 is 0 Å². The Morgan fingerprint density at radius 2 is 0.922 bits per heavy atom. The first-order valence-electron chi connectivity index (χ1n) is 24.1. The van der Waals surface area contributed by atoms with Gasteiger partial charge in [-0.3, -0.25) is 13.8 Å². The topological polar surface area (TPSA) is 192 Å². The Morgan fingerprint density at radius 3 is 1.41 bits per heavy atom. The van der Waals surface area contributed by atoms with Gasteiger partial charge in [0.05, 0.1) is 13.2 Å². The summed E-state index contributed by atoms with van der Waals surface area (Å²) in [6.07, 6.45) is 43.3. The molecule has 0 radical (unpaired) electrons. The summed E-state index contributed by atoms with van der Waals surface area (Å²) in [6.45, 7) is 4.03. The number of allylic oxidation sites excluding steroid dienone is 16. The van der Waals surface area contributed by atoms with Crippen LogP contribution in [0.15, 0.2) is 97.2 Å². The molecular weight excluding hydrogens is 836 g/mol. The van der Waals surface area contributed by atoms with E-state index in [4.69, 9.17) is 18.5 Å². The van der Waals surface area contributed by atoms with E-state index in [-0.39, 0.29) is 13.0 Å². The van der Waals surface area contributed by atoms with Crippen molar-refractivity contribution in [2.45, 2.75) is 198 Å². The van der Waals surface area contributed by atoms with Gasteiger partial charge in [-0.2, -0.15) is 0 Å². The Balaban J connectivity index is 2.44. The van der Waals surface area contributed by atoms with E-state index in [1.54, 1.807) is 0 Å². The Morgan fingerprint density at radius 1 is 0.516 bits per heavy atom. The van der Waals surface area contributed by atoms with Crippen LogP contribution in [0.5, 0.6) is 0 Å². The summed E-state index contributed by atoms with van der Waals surface area (Å²) < 4.78 is 34.2. The molecule has 6 atom stereocenters. The number of unbranched alkanes of at least 4 members (excludes halogenated alkanes) is 11. The zero-order valence-electron chi connectivity index (χ0n) is 39.0. The molecule has 0 saturated heterocycles. The monoisotopic (exact) mass is 921 g/mol. The molecule has 1 saturated carbocycles. The highest BCUT2D eigenvalue weighted by Crippen LogP contribution is 2.47. The molecule has 0 spiro atoms. The number of hydrogen-bond acceptors (Lipinski definition) is 11. The predicted octanol–water partition coefficient (Wildman–Crippen LogP) is 10.3. The summed E-state index contributed by atoms with van der Waals surface area (Å²) in [5.41, 5.74) is 0. The van der Waals surface area contributed by atoms with E-state index in [0.717, 1.165) is 109 Å². The third-order valence-electron chi connectivity index (χ3n) is 10.4. The standard InChI is InChI=1S/C51H85O12P/c1-3-5-7-9-11-13-15-17-19-21-22-23-24-25-26-28-30-32-34-36-38-40-45(52)62-44(43-61-64(58,59)63-51-49(56)47(54)46(53)48(55)50(51)57)42-60-41-39-37-35-33-31-29-27-20-18-16-14-12-10-8-6-4-2/h5,7,11-14,17-20,22-23,25-26,30,32,44,46-51,53-57H,3-4,6,8-10,15-16,21,24,27-29,31,33-43H2,1-2H3,(H,58,59)/b7-5-,13-11-,14-12-,19-17-,20-18-,23-22-,26-25-,32-30-. The highest BCUT2D eigenvalue weighted by atomic mass is 31.2. The molecule has 1 aliphatic carbocycles. The zero-order chi connectivity index (χ0) is 46.9. The quantitative estimate of drug-likeness (QED) is 0.0148. The molecule has 0 aromatic rings. The van der Waals surface area contributed by atoms with Gasteiger partial charge >= 0.3 is 13.8 Å². The lowest BCUT2D eigenvalue weighted by Gasteiger charge is -2.41. The largest absolute Gasteiger partial charge is 0.472 e. The number of phosphoric acid groups is 1. The van der Waals surface area contributed by atoms with Crippen molar-refractivity contribution in [2.24, 2.45) is 0 Å². The van der Waals surface area contributed by atoms with Gasteiger partial charge in [0.15, 0.2) is 0 Å². The van der Waals surface area contributed by atoms with Gasteiger partial charge in [0.1, 0.15) is 42.7 Å². The molecule has 0 bridgehead atoms. The fourth-order valence-corrected chi connectivity index (χ4v) is 7.59. The molecule has 0 heterocycles. The van der Waals surface area contributed by atoms with Gasteiger partial charge in [0.25, 0.3) is 0 Å². The number of esters is 1. The summed E-state index contributed by atoms with van der Waals surface area (Å²) in [7, 11) is -5.04. The first kappa shape index (κ1) is 59.3. The van der Waals surface area contributed by atoms with Crippen molar-refractivity contribution in [2.75, 3.05) is 19.8 Å². The minimum Gasteiger partial charge on any atom is -0.457 e. The van der Waals surface area contributed by atoms with Crippen LogP contribution in [0.2, 0.25) is 0 Å². The van der Waals surface area contributed by atoms with Crippen LogP contribution in [0.4, 0.5) is 0 Å². The second kappa shape index (κ2) is 40.5. The van der Waals surface area contributed by atoms with E-state index in [1.165, 1.54) is 19.3 Å². The van der Waals surface area contributed by atoms with E-state index in [0.29, 0.717) is 13.0 Å². The summed E-state index contributed by atoms with van der Waals surface area (Å²) in [6, 6.07) is 0. The summed E-state index contributed by atoms with van der Waals surface area (Å²) in [5, 5.41) is 50.2. The van der Waals surface area contributed by atoms with Crippen LogP contribution in [0, 0.1) is 0 Å². The average molecular weight is 921 g/mol. The molecule has 1 fully saturated rings. The molecule has 1 rings (SSSR count). The van der Waals surface area contributed by atoms with Crippen LogP contribution in [-0.2, 0) is 27.9 Å². The van der Waals surface area contributed by atoms with Gasteiger partial charge in [0.2, 0.25) is 0 Å². The van der Waals surface area contributed by atoms with E-state index in [2.05, 4.69) is 111 Å². The van der Waals surface area contributed by atoms with Crippen molar-refractivity contribution < 1.29 is 58.3 Å². The first-order chi connectivity index (χ1) is 31.0. The molecule has 0 aliphatic heterocycles. The van der Waals surface area contributed by atoms with E-state index in [9.17, 15) is 39.8 Å². The molecule has 12 nitrogen and oxygen atoms in total. The second-order valence-electron chi connectivity index (χ2n) is 16.2. The second-order valence-corrected chi connectivity index (χ2v) is 17.6. The molecular formula is C51H85O12P. The lowest BCUT2D eigenvalue weighted by atomic mass is 9.85. The first-order valence-corrected chi connectivity index (χ1v) is 25.6. The number of ether oxygens (including phenoxy) is 2. The third kappa shape index (κ3) is 32.0. The minimum absolute atomic E-state index is 0.108. The van der Waals surface area contributed by atoms with Crippen LogP contribution < -0.4 is 0 Å². The van der Waals surface area contributed by atoms with Gasteiger partial charge in [-0.25, -0.2) is 4.57 Å². The SMILES string of the molecule is CC/C=C\C/C=C\C/C=C\C/C=C\C/C=C\C/C=C\CCCCC(=O)OC(COCCCCCCCC/C=C\C/C=C\CCCCC)COP(=O)(O)OC1C(O)C(O)C(O)C(O)C1O. The van der Waals surface area contributed by atoms with Crippen molar-refractivity contribution >= 4 is 13.8 Å². The number of aliphatic hydroxyl groups is 5. The lowest BCUT2D eigenvalue weighted by molar-refractivity contribution is -0.220. The highest BCUT2D eigenvalue weighted by molar-refractivity contribution is 7.47. The maximum atomic E-state index is 12.8. The number of carbonyl (C=O) groups is 1. The molecule has 6 unspecified atom stereocenters. The summed E-state index contributed by atoms with van der Waals surface area (Å²) in [5.74, 6) is -0.527. The number of carbonyl (C=O) groups excluding carboxylic acids is 1. The van der Waals surface area contributed by atoms with Crippen LogP contribution in [0.25, 0.3) is 0 Å². The predicted molar refractivity (Wildman–Crippen MR) is 257 cm³/mol. The van der Waals surface area contributed by atoms with E-state index < -0.39 is 63.1 Å². The molecule has 13 heteroatoms. The van der Waals surface area contributed by atoms with Crippen molar-refractivity contribution in [3.05, 3.63) is 97.2 Å². The van der Waals surface area contributed by atoms with Crippen LogP contribution in [0.3, 0.4) is 0 Å². The van der Waals surface area contributed by atoms with Crippen molar-refractivity contribution in [3.8, 4) is 0 Å². The lowest BCUT2D eigenvalue weighted by Crippen LogP contribution is -2.64. The molecule has 0 aromatic carbocycles. The highest BCUT2D eigenvalue weighted by Gasteiger charge is 2.51. The fourth-order valence-electron chi connectivity index (χ4n) is 6.62. The summed E-state index contributed by atoms with van der Waals surface area (Å²) in [4.78, 5) is 23.2. The molecule has 1 aliphatic rings. The molecule has 64 heavy (non-hydrogen) atoms. The smallest absolute Gasteiger partial charge is 0.457 e. The Labute approximate surface area is 385 Å². The average Bonchev–Trinajstić information content (AvgIpc) is 3.28. The maximum absolute atomic E-state index is 12.8. The van der Waals surface area contributed by atoms with Gasteiger partial charge in [0, 0.05) is 13.0 Å². The number of aliphatic hydroxyl groups excluding tert-OH is 5. The Kier molecular flexibility index (Phi) is 37.5. The van der Waals surface area contributed by atoms with Gasteiger partial charge < -0.3 is 39.9 Å². The minimum atomic E-state index is -5.04. The van der Waals surface area contributed by atoms with Crippen LogP contribution in [0.1, 0.15) is 155 Å². The van der Waals surface area contributed by atoms with Crippen molar-refractivity contribution in [1.29, 1.82) is 0 Å². The van der Waals surface area contributed by atoms with Crippen LogP contribution >= 0.6 is 7.82 Å². The van der Waals surface area contributed by atoms with Crippen molar-refractivity contribution in [3.63, 3.8) is 0 Å². The van der Waals surface area contributed by atoms with Gasteiger partial charge in [-0.15, -0.1) is 0 Å². The number of phosphoric ester groups is 1. The van der Waals surface area contributed by atoms with Gasteiger partial charge in [-0.1, -0.05) is 150 Å². The fraction of sp³-hybridized carbons (Fsp3) is 0.667. The number of rotatable bonds is 39. The Bertz CT molecular complexity index is 1420. The van der Waals surface area contributed by atoms with E-state index in [1.807, 2.05) is 0 Å². The summed E-state index contributed by atoms with van der Waals surface area (Å²) >= 11 is 0. The number of hydrogen-bond donors (Lipinski definition) is 6.